The maximum absolute atomic E-state index is 11.6. The highest BCUT2D eigenvalue weighted by molar-refractivity contribution is 14.1. The molecule has 0 unspecified atom stereocenters. The minimum atomic E-state index is -4.78. The Bertz CT molecular complexity index is 360. The Morgan fingerprint density at radius 1 is 1.46 bits per heavy atom. The first kappa shape index (κ1) is 10.4. The van der Waals surface area contributed by atoms with Crippen LogP contribution in [-0.2, 0) is 0 Å². The van der Waals surface area contributed by atoms with Gasteiger partial charge in [-0.2, -0.15) is 0 Å². The molecule has 0 bridgehead atoms. The second-order valence-corrected chi connectivity index (χ2v) is 3.22. The average Bonchev–Trinajstić information content (AvgIpc) is 1.94. The molecule has 0 aliphatic heterocycles. The van der Waals surface area contributed by atoms with Crippen molar-refractivity contribution >= 4 is 22.6 Å². The summed E-state index contributed by atoms with van der Waals surface area (Å²) in [5.74, 6) is -0.613. The van der Waals surface area contributed by atoms with Gasteiger partial charge in [0.2, 0.25) is 5.88 Å². The van der Waals surface area contributed by atoms with Crippen molar-refractivity contribution in [1.29, 1.82) is 0 Å². The number of nitrogens with one attached hydrogen (secondary N) is 1. The molecule has 0 fully saturated rings. The van der Waals surface area contributed by atoms with Gasteiger partial charge in [-0.25, -0.2) is 0 Å². The Labute approximate surface area is 84.0 Å². The van der Waals surface area contributed by atoms with E-state index in [1.165, 1.54) is 0 Å². The highest BCUT2D eigenvalue weighted by atomic mass is 127. The van der Waals surface area contributed by atoms with Gasteiger partial charge in [-0.15, -0.1) is 13.2 Å². The summed E-state index contributed by atoms with van der Waals surface area (Å²) in [6, 6.07) is 0.745. The molecule has 72 valence electrons. The number of H-pyrrole nitrogens is 1. The van der Waals surface area contributed by atoms with Crippen LogP contribution in [0.25, 0.3) is 0 Å². The first-order valence-corrected chi connectivity index (χ1v) is 4.10. The molecule has 1 aromatic rings. The molecule has 0 amide bonds. The third-order valence-corrected chi connectivity index (χ3v) is 1.91. The molecule has 1 rings (SSSR count). The summed E-state index contributed by atoms with van der Waals surface area (Å²) in [5, 5.41) is 0. The van der Waals surface area contributed by atoms with Gasteiger partial charge in [0.25, 0.3) is 0 Å². The van der Waals surface area contributed by atoms with Crippen molar-refractivity contribution in [3.05, 3.63) is 26.1 Å². The first-order chi connectivity index (χ1) is 5.88. The predicted molar refractivity (Wildman–Crippen MR) is 46.5 cm³/mol. The molecule has 3 nitrogen and oxygen atoms in total. The van der Waals surface area contributed by atoms with E-state index in [1.54, 1.807) is 22.6 Å². The van der Waals surface area contributed by atoms with E-state index in [0.29, 0.717) is 3.57 Å². The van der Waals surface area contributed by atoms with E-state index >= 15 is 0 Å². The monoisotopic (exact) mass is 305 g/mol. The topological polar surface area (TPSA) is 42.1 Å². The molecule has 1 heterocycles. The average molecular weight is 305 g/mol. The summed E-state index contributed by atoms with van der Waals surface area (Å²) >= 11 is 1.70. The van der Waals surface area contributed by atoms with Crippen molar-refractivity contribution in [2.75, 3.05) is 0 Å². The Hall–Kier alpha value is -0.730. The SMILES string of the molecule is O=c1cc(OC(F)(F)F)[nH]cc1I. The minimum Gasteiger partial charge on any atom is -0.390 e. The molecule has 0 saturated carbocycles. The smallest absolute Gasteiger partial charge is 0.390 e. The zero-order valence-corrected chi connectivity index (χ0v) is 8.14. The molecule has 0 saturated heterocycles. The van der Waals surface area contributed by atoms with Gasteiger partial charge in [0.1, 0.15) is 0 Å². The molecule has 7 heteroatoms. The van der Waals surface area contributed by atoms with Crippen LogP contribution >= 0.6 is 22.6 Å². The Kier molecular flexibility index (Phi) is 2.84. The number of hydrogen-bond donors (Lipinski definition) is 1. The lowest BCUT2D eigenvalue weighted by molar-refractivity contribution is -0.276. The summed E-state index contributed by atoms with van der Waals surface area (Å²) in [4.78, 5) is 13.0. The van der Waals surface area contributed by atoms with E-state index in [1.807, 2.05) is 0 Å². The van der Waals surface area contributed by atoms with Crippen LogP contribution in [0.3, 0.4) is 0 Å². The maximum Gasteiger partial charge on any atom is 0.574 e. The summed E-state index contributed by atoms with van der Waals surface area (Å²) in [6.45, 7) is 0. The highest BCUT2D eigenvalue weighted by Crippen LogP contribution is 2.19. The van der Waals surface area contributed by atoms with Crippen molar-refractivity contribution < 1.29 is 17.9 Å². The second kappa shape index (κ2) is 3.56. The summed E-state index contributed by atoms with van der Waals surface area (Å²) in [5.41, 5.74) is -0.515. The lowest BCUT2D eigenvalue weighted by atomic mass is 10.5. The van der Waals surface area contributed by atoms with Gasteiger partial charge in [0, 0.05) is 12.3 Å². The Morgan fingerprint density at radius 2 is 2.08 bits per heavy atom. The quantitative estimate of drug-likeness (QED) is 0.805. The molecule has 0 aliphatic carbocycles. The molecule has 0 spiro atoms. The van der Waals surface area contributed by atoms with Crippen molar-refractivity contribution in [2.45, 2.75) is 6.36 Å². The van der Waals surface area contributed by atoms with Crippen molar-refractivity contribution in [2.24, 2.45) is 0 Å². The van der Waals surface area contributed by atoms with E-state index in [4.69, 9.17) is 0 Å². The van der Waals surface area contributed by atoms with Crippen molar-refractivity contribution in [3.8, 4) is 5.88 Å². The first-order valence-electron chi connectivity index (χ1n) is 3.02. The van der Waals surface area contributed by atoms with Gasteiger partial charge < -0.3 is 9.72 Å². The molecule has 1 aromatic heterocycles. The third-order valence-electron chi connectivity index (χ3n) is 1.06. The van der Waals surface area contributed by atoms with Crippen molar-refractivity contribution in [3.63, 3.8) is 0 Å². The van der Waals surface area contributed by atoms with Crippen LogP contribution in [0.2, 0.25) is 0 Å². The number of halogens is 4. The number of pyridine rings is 1. The predicted octanol–water partition coefficient (Wildman–Crippen LogP) is 1.88. The van der Waals surface area contributed by atoms with Crippen LogP contribution in [0.5, 0.6) is 5.88 Å². The van der Waals surface area contributed by atoms with Gasteiger partial charge in [-0.1, -0.05) is 0 Å². The summed E-state index contributed by atoms with van der Waals surface area (Å²) in [7, 11) is 0. The summed E-state index contributed by atoms with van der Waals surface area (Å²) in [6.07, 6.45) is -3.64. The van der Waals surface area contributed by atoms with Crippen molar-refractivity contribution in [1.82, 2.24) is 4.98 Å². The second-order valence-electron chi connectivity index (χ2n) is 2.06. The number of hydrogen-bond acceptors (Lipinski definition) is 2. The van der Waals surface area contributed by atoms with Gasteiger partial charge >= 0.3 is 6.36 Å². The number of aromatic amines is 1. The van der Waals surface area contributed by atoms with E-state index < -0.39 is 17.7 Å². The van der Waals surface area contributed by atoms with Crippen LogP contribution in [0.15, 0.2) is 17.1 Å². The third kappa shape index (κ3) is 3.25. The molecule has 0 aliphatic rings. The van der Waals surface area contributed by atoms with Gasteiger partial charge in [-0.3, -0.25) is 4.79 Å². The molecule has 0 atom stereocenters. The molecule has 0 radical (unpaired) electrons. The molecule has 13 heavy (non-hydrogen) atoms. The minimum absolute atomic E-state index is 0.298. The van der Waals surface area contributed by atoms with E-state index in [2.05, 4.69) is 9.72 Å². The molecular formula is C6H3F3INO2. The largest absolute Gasteiger partial charge is 0.574 e. The van der Waals surface area contributed by atoms with Gasteiger partial charge in [0.15, 0.2) is 5.43 Å². The zero-order valence-electron chi connectivity index (χ0n) is 5.98. The van der Waals surface area contributed by atoms with Crippen LogP contribution in [0.4, 0.5) is 13.2 Å². The van der Waals surface area contributed by atoms with Crippen LogP contribution in [0.1, 0.15) is 0 Å². The normalized spacial score (nSPS) is 11.4. The highest BCUT2D eigenvalue weighted by Gasteiger charge is 2.31. The fraction of sp³-hybridized carbons (Fsp3) is 0.167. The van der Waals surface area contributed by atoms with E-state index in [0.717, 1.165) is 12.3 Å². The zero-order chi connectivity index (χ0) is 10.1. The number of alkyl halides is 3. The summed E-state index contributed by atoms with van der Waals surface area (Å²) < 4.78 is 38.7. The van der Waals surface area contributed by atoms with Crippen LogP contribution < -0.4 is 10.2 Å². The fourth-order valence-electron chi connectivity index (χ4n) is 0.619. The molecular weight excluding hydrogens is 302 g/mol. The van der Waals surface area contributed by atoms with E-state index in [9.17, 15) is 18.0 Å². The van der Waals surface area contributed by atoms with Crippen LogP contribution in [0, 0.1) is 3.57 Å². The Morgan fingerprint density at radius 3 is 2.54 bits per heavy atom. The van der Waals surface area contributed by atoms with Gasteiger partial charge in [0.05, 0.1) is 3.57 Å². The Balaban J connectivity index is 2.93. The standard InChI is InChI=1S/C6H3F3INO2/c7-6(8,9)13-5-1-4(12)3(10)2-11-5/h1-2H,(H,11,12). The number of ether oxygens (including phenoxy) is 1. The number of rotatable bonds is 1. The molecule has 0 aromatic carbocycles. The lowest BCUT2D eigenvalue weighted by Gasteiger charge is -2.07. The molecule has 1 N–H and O–H groups in total. The lowest BCUT2D eigenvalue weighted by Crippen LogP contribution is -2.19. The number of aromatic nitrogens is 1. The van der Waals surface area contributed by atoms with Crippen LogP contribution in [-0.4, -0.2) is 11.3 Å². The van der Waals surface area contributed by atoms with Gasteiger partial charge in [-0.05, 0) is 22.6 Å². The fourth-order valence-corrected chi connectivity index (χ4v) is 0.930. The van der Waals surface area contributed by atoms with E-state index in [-0.39, 0.29) is 0 Å². The maximum atomic E-state index is 11.6.